The summed E-state index contributed by atoms with van der Waals surface area (Å²) in [7, 11) is -4.23. The molecule has 0 aromatic heterocycles. The molecule has 7 nitrogen and oxygen atoms in total. The van der Waals surface area contributed by atoms with Crippen molar-refractivity contribution in [3.05, 3.63) is 128 Å². The first-order valence-corrected chi connectivity index (χ1v) is 17.6. The first-order valence-electron chi connectivity index (χ1n) is 14.6. The molecule has 0 saturated carbocycles. The van der Waals surface area contributed by atoms with Gasteiger partial charge in [-0.1, -0.05) is 99.3 Å². The maximum atomic E-state index is 14.6. The molecule has 0 aliphatic heterocycles. The van der Waals surface area contributed by atoms with Gasteiger partial charge in [-0.3, -0.25) is 13.9 Å². The number of sulfonamides is 1. The second-order valence-corrected chi connectivity index (χ2v) is 15.6. The Bertz CT molecular complexity index is 1780. The maximum Gasteiger partial charge on any atom is 0.264 e. The fourth-order valence-corrected chi connectivity index (χ4v) is 7.17. The number of hydrogen-bond donors (Lipinski definition) is 1. The second kappa shape index (κ2) is 15.0. The number of aryl methyl sites for hydroxylation is 1. The lowest BCUT2D eigenvalue weighted by atomic mass is 10.0. The molecule has 1 atom stereocenters. The standard InChI is InChI=1S/C35H36BrCl2N3O4S/c1-24-16-18-28(19-17-24)46(44,45)41(27-13-8-12-26(36)21-27)23-33(42)40(22-29-30(37)14-9-15-31(29)38)32(34(43)39-35(2,3)4)20-25-10-6-5-7-11-25/h5-19,21,32H,20,22-23H2,1-4H3,(H,39,43)/t32-/m1/s1. The van der Waals surface area contributed by atoms with Crippen LogP contribution in [0.15, 0.2) is 106 Å². The normalized spacial score (nSPS) is 12.3. The number of halogens is 3. The van der Waals surface area contributed by atoms with Crippen molar-refractivity contribution >= 4 is 66.7 Å². The largest absolute Gasteiger partial charge is 0.350 e. The van der Waals surface area contributed by atoms with Gasteiger partial charge in [0.1, 0.15) is 12.6 Å². The molecule has 4 rings (SSSR count). The summed E-state index contributed by atoms with van der Waals surface area (Å²) in [6, 6.07) is 26.4. The van der Waals surface area contributed by atoms with Crippen molar-refractivity contribution in [2.24, 2.45) is 0 Å². The zero-order chi connectivity index (χ0) is 33.6. The van der Waals surface area contributed by atoms with Gasteiger partial charge in [0.05, 0.1) is 10.6 Å². The van der Waals surface area contributed by atoms with Crippen LogP contribution in [-0.4, -0.2) is 43.3 Å². The van der Waals surface area contributed by atoms with Crippen LogP contribution in [0.4, 0.5) is 5.69 Å². The number of benzene rings is 4. The summed E-state index contributed by atoms with van der Waals surface area (Å²) in [6.45, 7) is 6.69. The van der Waals surface area contributed by atoms with Crippen molar-refractivity contribution in [1.29, 1.82) is 0 Å². The van der Waals surface area contributed by atoms with Gasteiger partial charge in [0.2, 0.25) is 11.8 Å². The fourth-order valence-electron chi connectivity index (χ4n) is 4.86. The molecule has 0 unspecified atom stereocenters. The van der Waals surface area contributed by atoms with Crippen LogP contribution in [0, 0.1) is 6.92 Å². The highest BCUT2D eigenvalue weighted by Gasteiger charge is 2.36. The molecule has 0 aliphatic rings. The zero-order valence-corrected chi connectivity index (χ0v) is 29.9. The summed E-state index contributed by atoms with van der Waals surface area (Å²) in [6.07, 6.45) is 0.165. The molecular weight excluding hydrogens is 709 g/mol. The number of hydrogen-bond acceptors (Lipinski definition) is 4. The molecule has 46 heavy (non-hydrogen) atoms. The average Bonchev–Trinajstić information content (AvgIpc) is 2.98. The van der Waals surface area contributed by atoms with Crippen molar-refractivity contribution in [1.82, 2.24) is 10.2 Å². The summed E-state index contributed by atoms with van der Waals surface area (Å²) in [5, 5.41) is 3.64. The maximum absolute atomic E-state index is 14.6. The Kier molecular flexibility index (Phi) is 11.6. The quantitative estimate of drug-likeness (QED) is 0.170. The Morgan fingerprint density at radius 1 is 0.870 bits per heavy atom. The van der Waals surface area contributed by atoms with Crippen molar-refractivity contribution in [2.45, 2.75) is 57.1 Å². The SMILES string of the molecule is Cc1ccc(S(=O)(=O)N(CC(=O)N(Cc2c(Cl)cccc2Cl)[C@H](Cc2ccccc2)C(=O)NC(C)(C)C)c2cccc(Br)c2)cc1. The lowest BCUT2D eigenvalue weighted by Crippen LogP contribution is -2.56. The topological polar surface area (TPSA) is 86.8 Å². The van der Waals surface area contributed by atoms with Gasteiger partial charge >= 0.3 is 0 Å². The first kappa shape index (κ1) is 35.5. The van der Waals surface area contributed by atoms with E-state index in [-0.39, 0.29) is 23.5 Å². The highest BCUT2D eigenvalue weighted by molar-refractivity contribution is 9.10. The number of nitrogens with one attached hydrogen (secondary N) is 1. The first-order chi connectivity index (χ1) is 21.7. The smallest absolute Gasteiger partial charge is 0.264 e. The van der Waals surface area contributed by atoms with Crippen LogP contribution in [0.2, 0.25) is 10.0 Å². The van der Waals surface area contributed by atoms with Crippen LogP contribution >= 0.6 is 39.1 Å². The van der Waals surface area contributed by atoms with E-state index < -0.39 is 40.0 Å². The summed E-state index contributed by atoms with van der Waals surface area (Å²) < 4.78 is 30.1. The molecule has 0 aliphatic carbocycles. The Morgan fingerprint density at radius 3 is 2.07 bits per heavy atom. The number of anilines is 1. The fraction of sp³-hybridized carbons (Fsp3) is 0.257. The third kappa shape index (κ3) is 9.12. The molecule has 0 fully saturated rings. The lowest BCUT2D eigenvalue weighted by Gasteiger charge is -2.35. The number of amides is 2. The van der Waals surface area contributed by atoms with E-state index in [0.29, 0.717) is 20.1 Å². The van der Waals surface area contributed by atoms with E-state index in [1.54, 1.807) is 54.6 Å². The van der Waals surface area contributed by atoms with Crippen molar-refractivity contribution < 1.29 is 18.0 Å². The molecule has 11 heteroatoms. The minimum absolute atomic E-state index is 0.0258. The Hall–Kier alpha value is -3.37. The highest BCUT2D eigenvalue weighted by atomic mass is 79.9. The Morgan fingerprint density at radius 2 is 1.48 bits per heavy atom. The third-order valence-electron chi connectivity index (χ3n) is 7.14. The van der Waals surface area contributed by atoms with Gasteiger partial charge in [-0.05, 0) is 75.7 Å². The molecule has 0 saturated heterocycles. The number of rotatable bonds is 11. The molecule has 4 aromatic rings. The van der Waals surface area contributed by atoms with E-state index >= 15 is 0 Å². The van der Waals surface area contributed by atoms with E-state index in [2.05, 4.69) is 21.2 Å². The molecule has 4 aromatic carbocycles. The molecule has 0 heterocycles. The Balaban J connectivity index is 1.85. The summed E-state index contributed by atoms with van der Waals surface area (Å²) in [5.74, 6) is -1.01. The van der Waals surface area contributed by atoms with E-state index in [0.717, 1.165) is 15.4 Å². The minimum atomic E-state index is -4.23. The number of carbonyl (C=O) groups excluding carboxylic acids is 2. The van der Waals surface area contributed by atoms with Crippen molar-refractivity contribution in [3.8, 4) is 0 Å². The second-order valence-electron chi connectivity index (χ2n) is 12.0. The van der Waals surface area contributed by atoms with E-state index in [1.807, 2.05) is 58.0 Å². The van der Waals surface area contributed by atoms with Gasteiger partial charge in [0.25, 0.3) is 10.0 Å². The molecule has 1 N–H and O–H groups in total. The molecular formula is C35H36BrCl2N3O4S. The minimum Gasteiger partial charge on any atom is -0.350 e. The van der Waals surface area contributed by atoms with Crippen LogP contribution in [0.25, 0.3) is 0 Å². The van der Waals surface area contributed by atoms with Crippen LogP contribution < -0.4 is 9.62 Å². The van der Waals surface area contributed by atoms with Crippen LogP contribution in [-0.2, 0) is 32.6 Å². The zero-order valence-electron chi connectivity index (χ0n) is 26.0. The summed E-state index contributed by atoms with van der Waals surface area (Å²) >= 11 is 16.6. The van der Waals surface area contributed by atoms with E-state index in [1.165, 1.54) is 17.0 Å². The van der Waals surface area contributed by atoms with Gasteiger partial charge in [0, 0.05) is 38.6 Å². The van der Waals surface area contributed by atoms with Gasteiger partial charge in [-0.25, -0.2) is 8.42 Å². The molecule has 2 amide bonds. The van der Waals surface area contributed by atoms with Crippen molar-refractivity contribution in [2.75, 3.05) is 10.8 Å². The number of carbonyl (C=O) groups is 2. The van der Waals surface area contributed by atoms with Gasteiger partial charge in [0.15, 0.2) is 0 Å². The number of nitrogens with zero attached hydrogens (tertiary/aromatic N) is 2. The Labute approximate surface area is 289 Å². The van der Waals surface area contributed by atoms with Gasteiger partial charge in [-0.2, -0.15) is 0 Å². The van der Waals surface area contributed by atoms with Gasteiger partial charge in [-0.15, -0.1) is 0 Å². The molecule has 0 bridgehead atoms. The van der Waals surface area contributed by atoms with Crippen LogP contribution in [0.3, 0.4) is 0 Å². The van der Waals surface area contributed by atoms with Gasteiger partial charge < -0.3 is 10.2 Å². The highest BCUT2D eigenvalue weighted by Crippen LogP contribution is 2.30. The molecule has 0 spiro atoms. The average molecular weight is 746 g/mol. The lowest BCUT2D eigenvalue weighted by molar-refractivity contribution is -0.140. The van der Waals surface area contributed by atoms with E-state index in [4.69, 9.17) is 23.2 Å². The molecule has 0 radical (unpaired) electrons. The predicted molar refractivity (Wildman–Crippen MR) is 189 cm³/mol. The third-order valence-corrected chi connectivity index (χ3v) is 10.1. The van der Waals surface area contributed by atoms with E-state index in [9.17, 15) is 18.0 Å². The predicted octanol–water partition coefficient (Wildman–Crippen LogP) is 7.81. The monoisotopic (exact) mass is 743 g/mol. The molecule has 242 valence electrons. The van der Waals surface area contributed by atoms with Crippen LogP contribution in [0.5, 0.6) is 0 Å². The van der Waals surface area contributed by atoms with Crippen LogP contribution in [0.1, 0.15) is 37.5 Å². The summed E-state index contributed by atoms with van der Waals surface area (Å²) in [4.78, 5) is 30.0. The summed E-state index contributed by atoms with van der Waals surface area (Å²) in [5.41, 5.74) is 1.81. The van der Waals surface area contributed by atoms with Crippen molar-refractivity contribution in [3.63, 3.8) is 0 Å².